The standard InChI is InChI=1S/C7H8BrN3O2/c8-5-4(6(12)13)11-3-1-2-9-7(11)10-5/h1-3H2,(H,9,10)(H,12,13). The van der Waals surface area contributed by atoms with Gasteiger partial charge in [0.1, 0.15) is 4.60 Å². The third-order valence-electron chi connectivity index (χ3n) is 1.97. The van der Waals surface area contributed by atoms with Crippen LogP contribution >= 0.6 is 15.9 Å². The number of imidazole rings is 1. The van der Waals surface area contributed by atoms with Gasteiger partial charge in [-0.3, -0.25) is 0 Å². The van der Waals surface area contributed by atoms with Gasteiger partial charge in [-0.15, -0.1) is 0 Å². The molecule has 0 fully saturated rings. The summed E-state index contributed by atoms with van der Waals surface area (Å²) in [6, 6.07) is 0. The van der Waals surface area contributed by atoms with Crippen molar-refractivity contribution >= 4 is 27.8 Å². The number of aromatic carboxylic acids is 1. The van der Waals surface area contributed by atoms with Crippen LogP contribution in [0.4, 0.5) is 5.95 Å². The van der Waals surface area contributed by atoms with Gasteiger partial charge in [0.2, 0.25) is 5.95 Å². The van der Waals surface area contributed by atoms with Crippen molar-refractivity contribution in [3.63, 3.8) is 0 Å². The number of carboxylic acid groups (broad SMARTS) is 1. The van der Waals surface area contributed by atoms with Crippen molar-refractivity contribution in [2.24, 2.45) is 0 Å². The Morgan fingerprint density at radius 3 is 3.15 bits per heavy atom. The van der Waals surface area contributed by atoms with Crippen LogP contribution in [0.2, 0.25) is 0 Å². The van der Waals surface area contributed by atoms with Gasteiger partial charge in [0, 0.05) is 13.1 Å². The maximum atomic E-state index is 10.8. The number of rotatable bonds is 1. The molecule has 1 aliphatic heterocycles. The van der Waals surface area contributed by atoms with E-state index < -0.39 is 5.97 Å². The Morgan fingerprint density at radius 1 is 1.69 bits per heavy atom. The normalized spacial score (nSPS) is 14.8. The van der Waals surface area contributed by atoms with Crippen LogP contribution in [0.3, 0.4) is 0 Å². The highest BCUT2D eigenvalue weighted by Crippen LogP contribution is 2.23. The fourth-order valence-electron chi connectivity index (χ4n) is 1.42. The van der Waals surface area contributed by atoms with Gasteiger partial charge in [-0.2, -0.15) is 0 Å². The highest BCUT2D eigenvalue weighted by atomic mass is 79.9. The molecule has 0 saturated carbocycles. The van der Waals surface area contributed by atoms with Gasteiger partial charge < -0.3 is 15.0 Å². The zero-order chi connectivity index (χ0) is 9.42. The van der Waals surface area contributed by atoms with E-state index in [9.17, 15) is 4.79 Å². The first-order valence-electron chi connectivity index (χ1n) is 3.93. The first kappa shape index (κ1) is 8.55. The summed E-state index contributed by atoms with van der Waals surface area (Å²) in [7, 11) is 0. The summed E-state index contributed by atoms with van der Waals surface area (Å²) < 4.78 is 2.07. The Labute approximate surface area is 82.9 Å². The van der Waals surface area contributed by atoms with Crippen molar-refractivity contribution < 1.29 is 9.90 Å². The number of hydrogen-bond acceptors (Lipinski definition) is 3. The third kappa shape index (κ3) is 1.31. The van der Waals surface area contributed by atoms with Crippen LogP contribution < -0.4 is 5.32 Å². The average molecular weight is 246 g/mol. The van der Waals surface area contributed by atoms with E-state index in [1.807, 2.05) is 0 Å². The van der Waals surface area contributed by atoms with Crippen molar-refractivity contribution in [3.05, 3.63) is 10.3 Å². The second kappa shape index (κ2) is 3.02. The van der Waals surface area contributed by atoms with E-state index in [1.54, 1.807) is 4.57 Å². The molecule has 0 spiro atoms. The molecule has 2 rings (SSSR count). The van der Waals surface area contributed by atoms with Gasteiger partial charge in [-0.05, 0) is 22.4 Å². The molecule has 2 heterocycles. The number of carbonyl (C=O) groups is 1. The number of nitrogens with zero attached hydrogens (tertiary/aromatic N) is 2. The molecule has 0 radical (unpaired) electrons. The predicted octanol–water partition coefficient (Wildman–Crippen LogP) is 1.16. The lowest BCUT2D eigenvalue weighted by molar-refractivity contribution is 0.0683. The lowest BCUT2D eigenvalue weighted by Gasteiger charge is -2.16. The number of carboxylic acids is 1. The van der Waals surface area contributed by atoms with Gasteiger partial charge in [0.05, 0.1) is 0 Å². The minimum atomic E-state index is -0.950. The molecule has 0 unspecified atom stereocenters. The molecule has 0 aromatic carbocycles. The predicted molar refractivity (Wildman–Crippen MR) is 50.0 cm³/mol. The maximum Gasteiger partial charge on any atom is 0.355 e. The minimum absolute atomic E-state index is 0.224. The van der Waals surface area contributed by atoms with Crippen molar-refractivity contribution in [3.8, 4) is 0 Å². The topological polar surface area (TPSA) is 67.1 Å². The smallest absolute Gasteiger partial charge is 0.355 e. The summed E-state index contributed by atoms with van der Waals surface area (Å²) in [5.41, 5.74) is 0.224. The van der Waals surface area contributed by atoms with Gasteiger partial charge in [0.25, 0.3) is 0 Å². The van der Waals surface area contributed by atoms with Crippen molar-refractivity contribution in [2.45, 2.75) is 13.0 Å². The second-order valence-corrected chi connectivity index (χ2v) is 3.56. The van der Waals surface area contributed by atoms with Gasteiger partial charge in [-0.1, -0.05) is 0 Å². The minimum Gasteiger partial charge on any atom is -0.476 e. The highest BCUT2D eigenvalue weighted by molar-refractivity contribution is 9.10. The molecule has 70 valence electrons. The lowest BCUT2D eigenvalue weighted by Crippen LogP contribution is -2.20. The number of aromatic nitrogens is 2. The number of nitrogens with one attached hydrogen (secondary N) is 1. The van der Waals surface area contributed by atoms with E-state index in [-0.39, 0.29) is 5.69 Å². The van der Waals surface area contributed by atoms with Crippen LogP contribution in [0.5, 0.6) is 0 Å². The SMILES string of the molecule is O=C(O)c1c(Br)nc2n1CCCN2. The molecule has 0 amide bonds. The zero-order valence-corrected chi connectivity index (χ0v) is 8.34. The first-order valence-corrected chi connectivity index (χ1v) is 4.72. The second-order valence-electron chi connectivity index (χ2n) is 2.81. The van der Waals surface area contributed by atoms with Crippen LogP contribution in [-0.2, 0) is 6.54 Å². The average Bonchev–Trinajstić information content (AvgIpc) is 2.39. The quantitative estimate of drug-likeness (QED) is 0.780. The van der Waals surface area contributed by atoms with Crippen LogP contribution in [0.25, 0.3) is 0 Å². The number of fused-ring (bicyclic) bond motifs is 1. The molecule has 0 saturated heterocycles. The fraction of sp³-hybridized carbons (Fsp3) is 0.429. The maximum absolute atomic E-state index is 10.8. The molecular formula is C7H8BrN3O2. The monoisotopic (exact) mass is 245 g/mol. The Balaban J connectivity index is 2.54. The molecule has 0 aliphatic carbocycles. The summed E-state index contributed by atoms with van der Waals surface area (Å²) >= 11 is 3.13. The largest absolute Gasteiger partial charge is 0.476 e. The number of halogens is 1. The molecule has 1 aromatic heterocycles. The summed E-state index contributed by atoms with van der Waals surface area (Å²) in [6.07, 6.45) is 0.927. The Bertz CT molecular complexity index is 361. The molecule has 6 heteroatoms. The van der Waals surface area contributed by atoms with Crippen molar-refractivity contribution in [1.29, 1.82) is 0 Å². The molecule has 1 aliphatic rings. The van der Waals surface area contributed by atoms with E-state index in [0.29, 0.717) is 17.1 Å². The number of hydrogen-bond donors (Lipinski definition) is 2. The van der Waals surface area contributed by atoms with Crippen LogP contribution in [0.1, 0.15) is 16.9 Å². The molecule has 5 nitrogen and oxygen atoms in total. The van der Waals surface area contributed by atoms with E-state index >= 15 is 0 Å². The van der Waals surface area contributed by atoms with Crippen LogP contribution in [-0.4, -0.2) is 27.2 Å². The number of anilines is 1. The molecule has 2 N–H and O–H groups in total. The fourth-order valence-corrected chi connectivity index (χ4v) is 1.97. The van der Waals surface area contributed by atoms with E-state index in [2.05, 4.69) is 26.2 Å². The summed E-state index contributed by atoms with van der Waals surface area (Å²) in [4.78, 5) is 14.9. The van der Waals surface area contributed by atoms with E-state index in [1.165, 1.54) is 0 Å². The van der Waals surface area contributed by atoms with Crippen LogP contribution in [0, 0.1) is 0 Å². The van der Waals surface area contributed by atoms with Gasteiger partial charge >= 0.3 is 5.97 Å². The van der Waals surface area contributed by atoms with Gasteiger partial charge in [0.15, 0.2) is 5.69 Å². The Hall–Kier alpha value is -1.04. The van der Waals surface area contributed by atoms with E-state index in [0.717, 1.165) is 13.0 Å². The molecule has 1 aromatic rings. The Kier molecular flexibility index (Phi) is 1.99. The van der Waals surface area contributed by atoms with Crippen molar-refractivity contribution in [2.75, 3.05) is 11.9 Å². The lowest BCUT2D eigenvalue weighted by atomic mass is 10.3. The summed E-state index contributed by atoms with van der Waals surface area (Å²) in [5, 5.41) is 11.9. The molecule has 13 heavy (non-hydrogen) atoms. The summed E-state index contributed by atoms with van der Waals surface area (Å²) in [5.74, 6) is -0.315. The van der Waals surface area contributed by atoms with Gasteiger partial charge in [-0.25, -0.2) is 9.78 Å². The zero-order valence-electron chi connectivity index (χ0n) is 6.75. The highest BCUT2D eigenvalue weighted by Gasteiger charge is 2.22. The summed E-state index contributed by atoms with van der Waals surface area (Å²) in [6.45, 7) is 1.56. The van der Waals surface area contributed by atoms with Crippen LogP contribution in [0.15, 0.2) is 4.60 Å². The first-order chi connectivity index (χ1) is 6.20. The molecular weight excluding hydrogens is 238 g/mol. The Morgan fingerprint density at radius 2 is 2.46 bits per heavy atom. The van der Waals surface area contributed by atoms with Crippen molar-refractivity contribution in [1.82, 2.24) is 9.55 Å². The van der Waals surface area contributed by atoms with E-state index in [4.69, 9.17) is 5.11 Å². The molecule has 0 atom stereocenters. The third-order valence-corrected chi connectivity index (χ3v) is 2.52. The molecule has 0 bridgehead atoms.